The molecule has 2 fully saturated rings. The van der Waals surface area contributed by atoms with Crippen molar-refractivity contribution >= 4 is 5.95 Å². The largest absolute Gasteiger partial charge is 0.368 e. The van der Waals surface area contributed by atoms with Gasteiger partial charge in [0.1, 0.15) is 0 Å². The second-order valence-corrected chi connectivity index (χ2v) is 8.10. The summed E-state index contributed by atoms with van der Waals surface area (Å²) in [5, 5.41) is 3.66. The maximum atomic E-state index is 6.16. The summed E-state index contributed by atoms with van der Waals surface area (Å²) < 4.78 is 6.16. The predicted molar refractivity (Wildman–Crippen MR) is 92.7 cm³/mol. The van der Waals surface area contributed by atoms with Crippen LogP contribution in [0.2, 0.25) is 0 Å². The van der Waals surface area contributed by atoms with Gasteiger partial charge < -0.3 is 15.0 Å². The fourth-order valence-electron chi connectivity index (χ4n) is 3.87. The topological polar surface area (TPSA) is 50.3 Å². The van der Waals surface area contributed by atoms with Gasteiger partial charge in [-0.1, -0.05) is 0 Å². The van der Waals surface area contributed by atoms with E-state index in [2.05, 4.69) is 55.9 Å². The number of hydrogen-bond donors (Lipinski definition) is 1. The van der Waals surface area contributed by atoms with Crippen molar-refractivity contribution in [1.82, 2.24) is 15.3 Å². The maximum absolute atomic E-state index is 6.16. The van der Waals surface area contributed by atoms with Crippen LogP contribution >= 0.6 is 0 Å². The minimum absolute atomic E-state index is 0.0660. The van der Waals surface area contributed by atoms with E-state index in [9.17, 15) is 0 Å². The Kier molecular flexibility index (Phi) is 4.36. The first-order chi connectivity index (χ1) is 10.8. The summed E-state index contributed by atoms with van der Waals surface area (Å²) in [5.74, 6) is 0.890. The molecule has 0 aliphatic carbocycles. The average Bonchev–Trinajstić information content (AvgIpc) is 3.01. The lowest BCUT2D eigenvalue weighted by atomic mass is 9.94. The fourth-order valence-corrected chi connectivity index (χ4v) is 3.87. The Morgan fingerprint density at radius 2 is 1.91 bits per heavy atom. The number of rotatable bonds is 4. The molecule has 0 saturated carbocycles. The average molecular weight is 318 g/mol. The third-order valence-electron chi connectivity index (χ3n) is 4.89. The molecule has 0 unspecified atom stereocenters. The van der Waals surface area contributed by atoms with Crippen LogP contribution in [0.4, 0.5) is 5.95 Å². The fraction of sp³-hybridized carbons (Fsp3) is 0.778. The lowest BCUT2D eigenvalue weighted by Crippen LogP contribution is -2.43. The first-order valence-corrected chi connectivity index (χ1v) is 8.78. The zero-order valence-corrected chi connectivity index (χ0v) is 15.1. The molecular formula is C18H30N4O. The molecule has 3 heterocycles. The number of ether oxygens (including phenoxy) is 1. The highest BCUT2D eigenvalue weighted by atomic mass is 16.5. The van der Waals surface area contributed by atoms with Gasteiger partial charge in [-0.05, 0) is 59.9 Å². The summed E-state index contributed by atoms with van der Waals surface area (Å²) >= 11 is 0. The Labute approximate surface area is 139 Å². The Balaban J connectivity index is 1.68. The molecule has 2 aliphatic rings. The molecule has 1 aromatic rings. The Bertz CT molecular complexity index is 564. The van der Waals surface area contributed by atoms with E-state index in [1.807, 2.05) is 0 Å². The zero-order chi connectivity index (χ0) is 16.7. The highest BCUT2D eigenvalue weighted by Gasteiger charge is 2.45. The number of nitrogens with one attached hydrogen (secondary N) is 1. The van der Waals surface area contributed by atoms with E-state index in [1.54, 1.807) is 0 Å². The van der Waals surface area contributed by atoms with Crippen LogP contribution in [-0.4, -0.2) is 40.3 Å². The van der Waals surface area contributed by atoms with Gasteiger partial charge in [-0.25, -0.2) is 9.97 Å². The van der Waals surface area contributed by atoms with E-state index in [-0.39, 0.29) is 11.2 Å². The van der Waals surface area contributed by atoms with Crippen LogP contribution in [0.3, 0.4) is 0 Å². The van der Waals surface area contributed by atoms with Gasteiger partial charge in [-0.15, -0.1) is 0 Å². The molecule has 0 aromatic carbocycles. The van der Waals surface area contributed by atoms with Crippen LogP contribution in [0.25, 0.3) is 0 Å². The van der Waals surface area contributed by atoms with Gasteiger partial charge in [-0.3, -0.25) is 0 Å². The van der Waals surface area contributed by atoms with Crippen LogP contribution in [0.15, 0.2) is 6.07 Å². The molecule has 0 radical (unpaired) electrons. The Morgan fingerprint density at radius 1 is 1.22 bits per heavy atom. The molecule has 3 rings (SSSR count). The highest BCUT2D eigenvalue weighted by Crippen LogP contribution is 2.37. The zero-order valence-electron chi connectivity index (χ0n) is 15.1. The van der Waals surface area contributed by atoms with Gasteiger partial charge in [0.25, 0.3) is 0 Å². The third-order valence-corrected chi connectivity index (χ3v) is 4.89. The summed E-state index contributed by atoms with van der Waals surface area (Å²) in [6.45, 7) is 13.6. The molecule has 1 N–H and O–H groups in total. The van der Waals surface area contributed by atoms with Crippen molar-refractivity contribution in [3.63, 3.8) is 0 Å². The van der Waals surface area contributed by atoms with Crippen LogP contribution < -0.4 is 10.2 Å². The minimum atomic E-state index is -0.149. The highest BCUT2D eigenvalue weighted by molar-refractivity contribution is 5.33. The number of aromatic nitrogens is 2. The van der Waals surface area contributed by atoms with Crippen LogP contribution in [0.5, 0.6) is 0 Å². The lowest BCUT2D eigenvalue weighted by molar-refractivity contribution is -0.0699. The SMILES string of the molecule is Cc1cc(CN[C@H]2CC(C)(C)OC2(C)C)nc(N2CCCC2)n1. The van der Waals surface area contributed by atoms with E-state index in [1.165, 1.54) is 12.8 Å². The molecule has 5 heteroatoms. The number of aryl methyl sites for hydroxylation is 1. The second-order valence-electron chi connectivity index (χ2n) is 8.10. The van der Waals surface area contributed by atoms with Crippen molar-refractivity contribution in [2.24, 2.45) is 0 Å². The van der Waals surface area contributed by atoms with E-state index in [0.29, 0.717) is 6.04 Å². The molecule has 2 aliphatic heterocycles. The molecule has 0 spiro atoms. The standard InChI is InChI=1S/C18H30N4O/c1-13-10-14(21-16(20-13)22-8-6-7-9-22)12-19-15-11-17(2,3)23-18(15,4)5/h10,15,19H,6-9,11-12H2,1-5H3/t15-/m0/s1. The van der Waals surface area contributed by atoms with Crippen molar-refractivity contribution in [1.29, 1.82) is 0 Å². The van der Waals surface area contributed by atoms with Crippen molar-refractivity contribution in [2.45, 2.75) is 77.7 Å². The number of hydrogen-bond acceptors (Lipinski definition) is 5. The van der Waals surface area contributed by atoms with E-state index in [0.717, 1.165) is 43.4 Å². The van der Waals surface area contributed by atoms with Crippen molar-refractivity contribution < 1.29 is 4.74 Å². The number of nitrogens with zero attached hydrogens (tertiary/aromatic N) is 3. The van der Waals surface area contributed by atoms with Gasteiger partial charge in [0.15, 0.2) is 0 Å². The first-order valence-electron chi connectivity index (χ1n) is 8.78. The summed E-state index contributed by atoms with van der Waals surface area (Å²) in [5.41, 5.74) is 1.90. The molecule has 1 atom stereocenters. The smallest absolute Gasteiger partial charge is 0.225 e. The Hall–Kier alpha value is -1.20. The quantitative estimate of drug-likeness (QED) is 0.925. The lowest BCUT2D eigenvalue weighted by Gasteiger charge is -2.28. The van der Waals surface area contributed by atoms with Crippen LogP contribution in [0, 0.1) is 6.92 Å². The molecule has 2 saturated heterocycles. The minimum Gasteiger partial charge on any atom is -0.368 e. The second kappa shape index (κ2) is 6.02. The van der Waals surface area contributed by atoms with Crippen molar-refractivity contribution in [3.8, 4) is 0 Å². The summed E-state index contributed by atoms with van der Waals surface area (Å²) in [7, 11) is 0. The molecule has 1 aromatic heterocycles. The molecule has 0 bridgehead atoms. The Morgan fingerprint density at radius 3 is 2.52 bits per heavy atom. The maximum Gasteiger partial charge on any atom is 0.225 e. The van der Waals surface area contributed by atoms with E-state index >= 15 is 0 Å². The molecule has 23 heavy (non-hydrogen) atoms. The summed E-state index contributed by atoms with van der Waals surface area (Å²) in [6, 6.07) is 2.42. The van der Waals surface area contributed by atoms with Gasteiger partial charge in [0, 0.05) is 31.4 Å². The molecule has 0 amide bonds. The molecule has 5 nitrogen and oxygen atoms in total. The van der Waals surface area contributed by atoms with Crippen LogP contribution in [0.1, 0.15) is 58.3 Å². The predicted octanol–water partition coefficient (Wildman–Crippen LogP) is 2.82. The summed E-state index contributed by atoms with van der Waals surface area (Å²) in [6.07, 6.45) is 3.50. The third kappa shape index (κ3) is 3.83. The summed E-state index contributed by atoms with van der Waals surface area (Å²) in [4.78, 5) is 11.7. The van der Waals surface area contributed by atoms with Gasteiger partial charge in [0.2, 0.25) is 5.95 Å². The molecular weight excluding hydrogens is 288 g/mol. The molecule has 128 valence electrons. The van der Waals surface area contributed by atoms with E-state index < -0.39 is 0 Å². The van der Waals surface area contributed by atoms with Gasteiger partial charge >= 0.3 is 0 Å². The van der Waals surface area contributed by atoms with E-state index in [4.69, 9.17) is 9.72 Å². The van der Waals surface area contributed by atoms with Crippen molar-refractivity contribution in [3.05, 3.63) is 17.5 Å². The van der Waals surface area contributed by atoms with Gasteiger partial charge in [0.05, 0.1) is 16.9 Å². The van der Waals surface area contributed by atoms with Crippen LogP contribution in [-0.2, 0) is 11.3 Å². The normalized spacial score (nSPS) is 26.0. The first kappa shape index (κ1) is 16.7. The monoisotopic (exact) mass is 318 g/mol. The van der Waals surface area contributed by atoms with Crippen molar-refractivity contribution in [2.75, 3.05) is 18.0 Å². The van der Waals surface area contributed by atoms with Gasteiger partial charge in [-0.2, -0.15) is 0 Å². The number of anilines is 1.